The number of likely N-dealkylation sites (tertiary alicyclic amines) is 1. The summed E-state index contributed by atoms with van der Waals surface area (Å²) in [4.78, 5) is 2.60. The van der Waals surface area contributed by atoms with Crippen LogP contribution >= 0.6 is 12.4 Å². The fraction of sp³-hybridized carbons (Fsp3) is 0.474. The minimum Gasteiger partial charge on any atom is -0.485 e. The van der Waals surface area contributed by atoms with Crippen molar-refractivity contribution < 1.29 is 4.74 Å². The van der Waals surface area contributed by atoms with Crippen LogP contribution in [0.15, 0.2) is 48.1 Å². The van der Waals surface area contributed by atoms with Crippen LogP contribution in [0.3, 0.4) is 0 Å². The van der Waals surface area contributed by atoms with E-state index < -0.39 is 0 Å². The van der Waals surface area contributed by atoms with E-state index in [4.69, 9.17) is 4.74 Å². The van der Waals surface area contributed by atoms with E-state index in [1.165, 1.54) is 37.8 Å². The Morgan fingerprint density at radius 1 is 1.23 bits per heavy atom. The van der Waals surface area contributed by atoms with Crippen LogP contribution in [0.5, 0.6) is 5.75 Å². The highest BCUT2D eigenvalue weighted by Crippen LogP contribution is 2.40. The molecule has 1 fully saturated rings. The molecule has 2 aliphatic heterocycles. The lowest BCUT2D eigenvalue weighted by Crippen LogP contribution is -2.51. The number of nitrogens with zero attached hydrogens (tertiary/aromatic N) is 1. The number of ether oxygens (including phenoxy) is 1. The average Bonchev–Trinajstić information content (AvgIpc) is 2.85. The first-order chi connectivity index (χ1) is 10.3. The van der Waals surface area contributed by atoms with Gasteiger partial charge in [-0.05, 0) is 43.9 Å². The molecule has 1 saturated heterocycles. The van der Waals surface area contributed by atoms with Gasteiger partial charge < -0.3 is 4.74 Å². The van der Waals surface area contributed by atoms with Crippen molar-refractivity contribution in [1.82, 2.24) is 4.90 Å². The van der Waals surface area contributed by atoms with Crippen LogP contribution < -0.4 is 4.74 Å². The number of para-hydroxylation sites is 1. The highest BCUT2D eigenvalue weighted by atomic mass is 35.5. The summed E-state index contributed by atoms with van der Waals surface area (Å²) in [5.41, 5.74) is 3.00. The maximum Gasteiger partial charge on any atom is 0.126 e. The molecule has 2 heterocycles. The number of halogens is 1. The molecule has 2 nitrogen and oxygen atoms in total. The van der Waals surface area contributed by atoms with Gasteiger partial charge in [0.1, 0.15) is 11.4 Å². The van der Waals surface area contributed by atoms with Crippen LogP contribution in [-0.2, 0) is 6.42 Å². The van der Waals surface area contributed by atoms with Gasteiger partial charge in [-0.2, -0.15) is 0 Å². The van der Waals surface area contributed by atoms with Gasteiger partial charge in [0.05, 0.1) is 0 Å². The number of piperidine rings is 1. The van der Waals surface area contributed by atoms with E-state index in [0.29, 0.717) is 0 Å². The summed E-state index contributed by atoms with van der Waals surface area (Å²) >= 11 is 0. The van der Waals surface area contributed by atoms with E-state index in [9.17, 15) is 0 Å². The lowest BCUT2D eigenvalue weighted by molar-refractivity contribution is 0.0116. The molecule has 3 heteroatoms. The van der Waals surface area contributed by atoms with Crippen molar-refractivity contribution in [3.63, 3.8) is 0 Å². The Morgan fingerprint density at radius 3 is 2.95 bits per heavy atom. The van der Waals surface area contributed by atoms with Gasteiger partial charge in [0, 0.05) is 19.5 Å². The number of fused-ring (bicyclic) bond motifs is 1. The van der Waals surface area contributed by atoms with E-state index in [2.05, 4.69) is 47.4 Å². The average molecular weight is 318 g/mol. The largest absolute Gasteiger partial charge is 0.485 e. The predicted octanol–water partition coefficient (Wildman–Crippen LogP) is 4.15. The molecule has 1 aromatic carbocycles. The minimum atomic E-state index is 0. The number of hydrogen-bond donors (Lipinski definition) is 0. The maximum atomic E-state index is 6.38. The van der Waals surface area contributed by atoms with Gasteiger partial charge in [-0.15, -0.1) is 12.4 Å². The second-order valence-electron chi connectivity index (χ2n) is 6.68. The Kier molecular flexibility index (Phi) is 4.60. The SMILES string of the molecule is C1=CCCC(CN2CCCC3(Cc4ccccc4O3)C2)=C1.Cl. The van der Waals surface area contributed by atoms with Crippen molar-refractivity contribution in [2.45, 2.75) is 37.7 Å². The molecule has 3 aliphatic rings. The van der Waals surface area contributed by atoms with Gasteiger partial charge in [0.25, 0.3) is 0 Å². The van der Waals surface area contributed by atoms with Gasteiger partial charge in [-0.1, -0.05) is 42.0 Å². The van der Waals surface area contributed by atoms with Crippen molar-refractivity contribution in [2.75, 3.05) is 19.6 Å². The van der Waals surface area contributed by atoms with E-state index in [0.717, 1.165) is 25.3 Å². The van der Waals surface area contributed by atoms with Gasteiger partial charge in [0.2, 0.25) is 0 Å². The van der Waals surface area contributed by atoms with Gasteiger partial charge in [0.15, 0.2) is 0 Å². The Hall–Kier alpha value is -1.25. The molecular formula is C19H24ClNO. The highest BCUT2D eigenvalue weighted by Gasteiger charge is 2.42. The van der Waals surface area contributed by atoms with Gasteiger partial charge >= 0.3 is 0 Å². The third-order valence-electron chi connectivity index (χ3n) is 4.96. The normalized spacial score (nSPS) is 27.0. The van der Waals surface area contributed by atoms with Gasteiger partial charge in [-0.3, -0.25) is 4.90 Å². The topological polar surface area (TPSA) is 12.5 Å². The summed E-state index contributed by atoms with van der Waals surface area (Å²) in [6.07, 6.45) is 12.7. The Labute approximate surface area is 139 Å². The second-order valence-corrected chi connectivity index (χ2v) is 6.68. The monoisotopic (exact) mass is 317 g/mol. The highest BCUT2D eigenvalue weighted by molar-refractivity contribution is 5.85. The zero-order valence-electron chi connectivity index (χ0n) is 13.0. The van der Waals surface area contributed by atoms with Crippen LogP contribution in [0.4, 0.5) is 0 Å². The molecule has 0 aromatic heterocycles. The second kappa shape index (κ2) is 6.47. The third kappa shape index (κ3) is 3.09. The number of hydrogen-bond acceptors (Lipinski definition) is 2. The van der Waals surface area contributed by atoms with Crippen molar-refractivity contribution in [3.05, 3.63) is 53.6 Å². The molecule has 1 spiro atoms. The van der Waals surface area contributed by atoms with Crippen molar-refractivity contribution in [2.24, 2.45) is 0 Å². The molecule has 1 atom stereocenters. The molecule has 4 rings (SSSR count). The summed E-state index contributed by atoms with van der Waals surface area (Å²) in [6.45, 7) is 3.40. The summed E-state index contributed by atoms with van der Waals surface area (Å²) in [5, 5.41) is 0. The molecule has 0 saturated carbocycles. The predicted molar refractivity (Wildman–Crippen MR) is 92.9 cm³/mol. The van der Waals surface area contributed by atoms with Crippen molar-refractivity contribution in [1.29, 1.82) is 0 Å². The molecule has 0 bridgehead atoms. The van der Waals surface area contributed by atoms with E-state index in [1.807, 2.05) is 0 Å². The molecule has 0 N–H and O–H groups in total. The quantitative estimate of drug-likeness (QED) is 0.812. The van der Waals surface area contributed by atoms with Crippen LogP contribution in [0.25, 0.3) is 0 Å². The van der Waals surface area contributed by atoms with Crippen molar-refractivity contribution in [3.8, 4) is 5.75 Å². The van der Waals surface area contributed by atoms with Crippen LogP contribution in [0, 0.1) is 0 Å². The Balaban J connectivity index is 0.00000144. The molecule has 1 aliphatic carbocycles. The summed E-state index contributed by atoms with van der Waals surface area (Å²) in [7, 11) is 0. The smallest absolute Gasteiger partial charge is 0.126 e. The first kappa shape index (κ1) is 15.6. The molecule has 1 unspecified atom stereocenters. The number of rotatable bonds is 2. The number of allylic oxidation sites excluding steroid dienone is 3. The molecular weight excluding hydrogens is 294 g/mol. The van der Waals surface area contributed by atoms with Crippen LogP contribution in [-0.4, -0.2) is 30.1 Å². The fourth-order valence-corrected chi connectivity index (χ4v) is 3.99. The lowest BCUT2D eigenvalue weighted by atomic mass is 9.88. The fourth-order valence-electron chi connectivity index (χ4n) is 3.99. The van der Waals surface area contributed by atoms with E-state index >= 15 is 0 Å². The molecule has 118 valence electrons. The first-order valence-electron chi connectivity index (χ1n) is 8.17. The summed E-state index contributed by atoms with van der Waals surface area (Å²) in [6, 6.07) is 8.55. The van der Waals surface area contributed by atoms with Crippen LogP contribution in [0.1, 0.15) is 31.2 Å². The molecule has 0 amide bonds. The Bertz CT molecular complexity index is 568. The van der Waals surface area contributed by atoms with E-state index in [1.54, 1.807) is 5.57 Å². The first-order valence-corrected chi connectivity index (χ1v) is 8.17. The molecule has 1 aromatic rings. The third-order valence-corrected chi connectivity index (χ3v) is 4.96. The van der Waals surface area contributed by atoms with Crippen molar-refractivity contribution >= 4 is 12.4 Å². The summed E-state index contributed by atoms with van der Waals surface area (Å²) < 4.78 is 6.38. The van der Waals surface area contributed by atoms with E-state index in [-0.39, 0.29) is 18.0 Å². The molecule has 0 radical (unpaired) electrons. The lowest BCUT2D eigenvalue weighted by Gasteiger charge is -2.40. The maximum absolute atomic E-state index is 6.38. The zero-order chi connectivity index (χ0) is 14.1. The number of benzene rings is 1. The van der Waals surface area contributed by atoms with Crippen LogP contribution in [0.2, 0.25) is 0 Å². The Morgan fingerprint density at radius 2 is 2.14 bits per heavy atom. The zero-order valence-corrected chi connectivity index (χ0v) is 13.8. The summed E-state index contributed by atoms with van der Waals surface area (Å²) in [5.74, 6) is 1.11. The minimum absolute atomic E-state index is 0. The molecule has 22 heavy (non-hydrogen) atoms. The van der Waals surface area contributed by atoms with Gasteiger partial charge in [-0.25, -0.2) is 0 Å². The standard InChI is InChI=1S/C19H23NO.ClH/c1-2-7-16(8-3-1)14-20-12-6-11-19(15-20)13-17-9-4-5-10-18(17)21-19;/h1-2,4-5,7,9-10H,3,6,8,11-15H2;1H.